The molecule has 20 heavy (non-hydrogen) atoms. The van der Waals surface area contributed by atoms with Gasteiger partial charge in [0.1, 0.15) is 11.4 Å². The molecule has 0 aliphatic heterocycles. The lowest BCUT2D eigenvalue weighted by molar-refractivity contribution is 0.0690. The fraction of sp³-hybridized carbons (Fsp3) is 0.250. The number of carbonyl (C=O) groups is 1. The van der Waals surface area contributed by atoms with Crippen molar-refractivity contribution in [2.45, 2.75) is 6.54 Å². The molecule has 1 heterocycles. The van der Waals surface area contributed by atoms with Crippen LogP contribution in [0.2, 0.25) is 0 Å². The largest absolute Gasteiger partial charge is 0.497 e. The maximum atomic E-state index is 11.2. The van der Waals surface area contributed by atoms with E-state index in [1.54, 1.807) is 18.2 Å². The number of sulfonamides is 1. The minimum atomic E-state index is -3.42. The lowest BCUT2D eigenvalue weighted by Gasteiger charge is -2.04. The number of fused-ring (bicyclic) bond motifs is 1. The highest BCUT2D eigenvalue weighted by atomic mass is 32.2. The van der Waals surface area contributed by atoms with E-state index >= 15 is 0 Å². The normalized spacial score (nSPS) is 11.7. The van der Waals surface area contributed by atoms with Gasteiger partial charge >= 0.3 is 5.97 Å². The van der Waals surface area contributed by atoms with Crippen LogP contribution in [0.5, 0.6) is 5.75 Å². The first kappa shape index (κ1) is 14.4. The van der Waals surface area contributed by atoms with Gasteiger partial charge < -0.3 is 14.8 Å². The van der Waals surface area contributed by atoms with E-state index < -0.39 is 16.0 Å². The van der Waals surface area contributed by atoms with Crippen LogP contribution in [-0.4, -0.2) is 37.8 Å². The van der Waals surface area contributed by atoms with Crippen LogP contribution in [-0.2, 0) is 16.6 Å². The molecule has 0 unspecified atom stereocenters. The minimum absolute atomic E-state index is 0.0376. The highest BCUT2D eigenvalue weighted by Gasteiger charge is 2.18. The zero-order valence-electron chi connectivity index (χ0n) is 10.9. The van der Waals surface area contributed by atoms with E-state index in [4.69, 9.17) is 4.74 Å². The molecule has 0 aliphatic carbocycles. The number of rotatable bonds is 5. The molecule has 2 aromatic rings. The van der Waals surface area contributed by atoms with E-state index in [1.807, 2.05) is 0 Å². The Labute approximate surface area is 115 Å². The van der Waals surface area contributed by atoms with Crippen molar-refractivity contribution in [2.75, 3.05) is 13.4 Å². The summed E-state index contributed by atoms with van der Waals surface area (Å²) < 4.78 is 29.7. The van der Waals surface area contributed by atoms with Crippen LogP contribution < -0.4 is 9.46 Å². The molecule has 2 rings (SSSR count). The average molecular weight is 298 g/mol. The fourth-order valence-corrected chi connectivity index (χ4v) is 2.33. The number of hydrogen-bond donors (Lipinski definition) is 3. The molecular weight excluding hydrogens is 284 g/mol. The van der Waals surface area contributed by atoms with E-state index in [0.29, 0.717) is 22.2 Å². The summed E-state index contributed by atoms with van der Waals surface area (Å²) in [5, 5.41) is 9.79. The molecule has 0 bridgehead atoms. The molecule has 0 atom stereocenters. The zero-order valence-corrected chi connectivity index (χ0v) is 11.7. The molecule has 3 N–H and O–H groups in total. The smallest absolute Gasteiger partial charge is 0.352 e. The number of aromatic carboxylic acids is 1. The first-order valence-electron chi connectivity index (χ1n) is 5.68. The molecular formula is C12H14N2O5S. The SMILES string of the molecule is COc1ccc2[nH]c(C(=O)O)c(CNS(C)(=O)=O)c2c1. The van der Waals surface area contributed by atoms with Crippen LogP contribution in [0.15, 0.2) is 18.2 Å². The number of carboxylic acids is 1. The Morgan fingerprint density at radius 2 is 2.15 bits per heavy atom. The Kier molecular flexibility index (Phi) is 3.69. The third-order valence-corrected chi connectivity index (χ3v) is 3.51. The molecule has 0 radical (unpaired) electrons. The first-order valence-corrected chi connectivity index (χ1v) is 7.57. The number of carboxylic acid groups (broad SMARTS) is 1. The lowest BCUT2D eigenvalue weighted by Crippen LogP contribution is -2.22. The average Bonchev–Trinajstić information content (AvgIpc) is 2.73. The summed E-state index contributed by atoms with van der Waals surface area (Å²) in [5.41, 5.74) is 0.940. The van der Waals surface area contributed by atoms with E-state index in [-0.39, 0.29) is 12.2 Å². The van der Waals surface area contributed by atoms with Gasteiger partial charge in [-0.2, -0.15) is 0 Å². The molecule has 0 saturated heterocycles. The Morgan fingerprint density at radius 3 is 2.70 bits per heavy atom. The van der Waals surface area contributed by atoms with Gasteiger partial charge in [0.15, 0.2) is 0 Å². The van der Waals surface area contributed by atoms with Gasteiger partial charge in [0, 0.05) is 23.0 Å². The summed E-state index contributed by atoms with van der Waals surface area (Å²) in [7, 11) is -1.91. The third kappa shape index (κ3) is 2.91. The van der Waals surface area contributed by atoms with E-state index in [0.717, 1.165) is 6.26 Å². The second kappa shape index (κ2) is 5.14. The summed E-state index contributed by atoms with van der Waals surface area (Å²) in [5.74, 6) is -0.584. The van der Waals surface area contributed by atoms with Gasteiger partial charge in [-0.15, -0.1) is 0 Å². The van der Waals surface area contributed by atoms with Crippen molar-refractivity contribution in [2.24, 2.45) is 0 Å². The predicted molar refractivity (Wildman–Crippen MR) is 73.5 cm³/mol. The number of aromatic nitrogens is 1. The number of ether oxygens (including phenoxy) is 1. The zero-order chi connectivity index (χ0) is 14.9. The first-order chi connectivity index (χ1) is 9.31. The van der Waals surface area contributed by atoms with Crippen LogP contribution in [0.4, 0.5) is 0 Å². The molecule has 1 aromatic heterocycles. The Balaban J connectivity index is 2.57. The number of aromatic amines is 1. The number of benzene rings is 1. The summed E-state index contributed by atoms with van der Waals surface area (Å²) in [4.78, 5) is 14.0. The van der Waals surface area contributed by atoms with Crippen molar-refractivity contribution in [3.05, 3.63) is 29.5 Å². The van der Waals surface area contributed by atoms with E-state index in [1.165, 1.54) is 7.11 Å². The van der Waals surface area contributed by atoms with Crippen LogP contribution in [0.25, 0.3) is 10.9 Å². The van der Waals surface area contributed by atoms with Crippen molar-refractivity contribution >= 4 is 26.9 Å². The summed E-state index contributed by atoms with van der Waals surface area (Å²) in [6.07, 6.45) is 1.02. The van der Waals surface area contributed by atoms with E-state index in [9.17, 15) is 18.3 Å². The van der Waals surface area contributed by atoms with Gasteiger partial charge in [-0.1, -0.05) is 0 Å². The predicted octanol–water partition coefficient (Wildman–Crippen LogP) is 0.924. The lowest BCUT2D eigenvalue weighted by atomic mass is 10.1. The van der Waals surface area contributed by atoms with Crippen LogP contribution in [0.3, 0.4) is 0 Å². The maximum Gasteiger partial charge on any atom is 0.352 e. The van der Waals surface area contributed by atoms with Crippen LogP contribution in [0.1, 0.15) is 16.1 Å². The van der Waals surface area contributed by atoms with Crippen molar-refractivity contribution < 1.29 is 23.1 Å². The topological polar surface area (TPSA) is 108 Å². The Bertz CT molecular complexity index is 763. The fourth-order valence-electron chi connectivity index (χ4n) is 1.92. The monoisotopic (exact) mass is 298 g/mol. The minimum Gasteiger partial charge on any atom is -0.497 e. The second-order valence-electron chi connectivity index (χ2n) is 4.29. The number of H-pyrrole nitrogens is 1. The van der Waals surface area contributed by atoms with Gasteiger partial charge in [-0.25, -0.2) is 17.9 Å². The quantitative estimate of drug-likeness (QED) is 0.760. The van der Waals surface area contributed by atoms with Crippen molar-refractivity contribution in [1.29, 1.82) is 0 Å². The second-order valence-corrected chi connectivity index (χ2v) is 6.12. The number of methoxy groups -OCH3 is 1. The molecule has 0 aliphatic rings. The molecule has 8 heteroatoms. The Hall–Kier alpha value is -2.06. The number of hydrogen-bond acceptors (Lipinski definition) is 4. The van der Waals surface area contributed by atoms with Crippen LogP contribution >= 0.6 is 0 Å². The highest BCUT2D eigenvalue weighted by Crippen LogP contribution is 2.26. The summed E-state index contributed by atoms with van der Waals surface area (Å²) in [6, 6.07) is 5.04. The summed E-state index contributed by atoms with van der Waals surface area (Å²) >= 11 is 0. The molecule has 0 fully saturated rings. The maximum absolute atomic E-state index is 11.2. The van der Waals surface area contributed by atoms with Crippen molar-refractivity contribution in [1.82, 2.24) is 9.71 Å². The Morgan fingerprint density at radius 1 is 1.45 bits per heavy atom. The van der Waals surface area contributed by atoms with Gasteiger partial charge in [0.05, 0.1) is 13.4 Å². The van der Waals surface area contributed by atoms with E-state index in [2.05, 4.69) is 9.71 Å². The standard InChI is InChI=1S/C12H14N2O5S/c1-19-7-3-4-10-8(5-7)9(6-13-20(2,17)18)11(14-10)12(15)16/h3-5,13-14H,6H2,1-2H3,(H,15,16). The molecule has 0 spiro atoms. The molecule has 0 amide bonds. The van der Waals surface area contributed by atoms with Gasteiger partial charge in [-0.05, 0) is 18.2 Å². The van der Waals surface area contributed by atoms with Gasteiger partial charge in [0.2, 0.25) is 10.0 Å². The molecule has 1 aromatic carbocycles. The van der Waals surface area contributed by atoms with Crippen molar-refractivity contribution in [3.63, 3.8) is 0 Å². The molecule has 7 nitrogen and oxygen atoms in total. The van der Waals surface area contributed by atoms with Crippen LogP contribution in [0, 0.1) is 0 Å². The highest BCUT2D eigenvalue weighted by molar-refractivity contribution is 7.88. The van der Waals surface area contributed by atoms with Gasteiger partial charge in [0.25, 0.3) is 0 Å². The molecule has 108 valence electrons. The van der Waals surface area contributed by atoms with Crippen molar-refractivity contribution in [3.8, 4) is 5.75 Å². The van der Waals surface area contributed by atoms with Gasteiger partial charge in [-0.3, -0.25) is 0 Å². The number of nitrogens with one attached hydrogen (secondary N) is 2. The third-order valence-electron chi connectivity index (χ3n) is 2.84. The molecule has 0 saturated carbocycles. The summed E-state index contributed by atoms with van der Waals surface area (Å²) in [6.45, 7) is -0.104.